The van der Waals surface area contributed by atoms with Crippen molar-refractivity contribution < 1.29 is 4.79 Å². The Kier molecular flexibility index (Phi) is 3.81. The zero-order chi connectivity index (χ0) is 10.7. The Morgan fingerprint density at radius 1 is 1.67 bits per heavy atom. The Morgan fingerprint density at radius 3 is 3.20 bits per heavy atom. The number of thiophene rings is 1. The van der Waals surface area contributed by atoms with Crippen LogP contribution >= 0.6 is 27.3 Å². The maximum atomic E-state index is 11.9. The maximum absolute atomic E-state index is 11.9. The molecule has 1 aromatic heterocycles. The predicted molar refractivity (Wildman–Crippen MR) is 66.6 cm³/mol. The van der Waals surface area contributed by atoms with Gasteiger partial charge in [-0.05, 0) is 24.3 Å². The Labute approximate surface area is 102 Å². The number of halogens is 1. The topological polar surface area (TPSA) is 20.3 Å². The molecule has 1 fully saturated rings. The van der Waals surface area contributed by atoms with Gasteiger partial charge in [0.05, 0.1) is 6.42 Å². The molecular formula is C11H14BrNOS. The minimum absolute atomic E-state index is 0.265. The van der Waals surface area contributed by atoms with Gasteiger partial charge in [0, 0.05) is 22.8 Å². The Balaban J connectivity index is 1.90. The summed E-state index contributed by atoms with van der Waals surface area (Å²) in [5, 5.41) is 2.02. The first-order valence-electron chi connectivity index (χ1n) is 5.20. The molecule has 1 amide bonds. The second kappa shape index (κ2) is 5.12. The molecule has 4 heteroatoms. The molecule has 82 valence electrons. The number of amides is 1. The van der Waals surface area contributed by atoms with Gasteiger partial charge in [-0.2, -0.15) is 0 Å². The van der Waals surface area contributed by atoms with Crippen LogP contribution in [0.5, 0.6) is 0 Å². The van der Waals surface area contributed by atoms with Crippen molar-refractivity contribution in [1.82, 2.24) is 4.90 Å². The van der Waals surface area contributed by atoms with Crippen LogP contribution < -0.4 is 0 Å². The summed E-state index contributed by atoms with van der Waals surface area (Å²) < 4.78 is 0. The monoisotopic (exact) mass is 287 g/mol. The molecule has 1 aliphatic heterocycles. The Hall–Kier alpha value is -0.350. The zero-order valence-corrected chi connectivity index (χ0v) is 10.9. The molecule has 1 aromatic rings. The quantitative estimate of drug-likeness (QED) is 0.766. The molecule has 0 N–H and O–H groups in total. The summed E-state index contributed by atoms with van der Waals surface area (Å²) in [6.07, 6.45) is 2.87. The Morgan fingerprint density at radius 2 is 2.53 bits per heavy atom. The van der Waals surface area contributed by atoms with E-state index in [0.717, 1.165) is 24.4 Å². The summed E-state index contributed by atoms with van der Waals surface area (Å²) in [4.78, 5) is 15.5. The van der Waals surface area contributed by atoms with E-state index in [9.17, 15) is 4.79 Å². The highest BCUT2D eigenvalue weighted by Crippen LogP contribution is 2.18. The summed E-state index contributed by atoms with van der Waals surface area (Å²) in [5.74, 6) is 0.265. The highest BCUT2D eigenvalue weighted by molar-refractivity contribution is 9.09. The van der Waals surface area contributed by atoms with Crippen LogP contribution in [0.15, 0.2) is 17.5 Å². The van der Waals surface area contributed by atoms with Crippen molar-refractivity contribution in [3.63, 3.8) is 0 Å². The lowest BCUT2D eigenvalue weighted by molar-refractivity contribution is -0.131. The van der Waals surface area contributed by atoms with Gasteiger partial charge in [-0.15, -0.1) is 11.3 Å². The average Bonchev–Trinajstić information content (AvgIpc) is 2.70. The number of hydrogen-bond donors (Lipinski definition) is 0. The number of piperidine rings is 1. The van der Waals surface area contributed by atoms with E-state index in [-0.39, 0.29) is 5.91 Å². The summed E-state index contributed by atoms with van der Waals surface area (Å²) in [5.41, 5.74) is 0. The summed E-state index contributed by atoms with van der Waals surface area (Å²) >= 11 is 5.24. The van der Waals surface area contributed by atoms with Gasteiger partial charge in [-0.1, -0.05) is 22.0 Å². The first-order chi connectivity index (χ1) is 7.25. The SMILES string of the molecule is O=C(Cc1cccs1)N1CCCC(Br)C1. The number of carbonyl (C=O) groups excluding carboxylic acids is 1. The van der Waals surface area contributed by atoms with Gasteiger partial charge in [0.2, 0.25) is 5.91 Å². The van der Waals surface area contributed by atoms with Crippen LogP contribution in [0, 0.1) is 0 Å². The second-order valence-corrected chi connectivity index (χ2v) is 6.16. The fourth-order valence-corrected chi connectivity index (χ4v) is 3.20. The van der Waals surface area contributed by atoms with E-state index in [2.05, 4.69) is 15.9 Å². The third-order valence-electron chi connectivity index (χ3n) is 2.62. The van der Waals surface area contributed by atoms with Gasteiger partial charge in [-0.3, -0.25) is 4.79 Å². The standard InChI is InChI=1S/C11H14BrNOS/c12-9-3-1-5-13(8-9)11(14)7-10-4-2-6-15-10/h2,4,6,9H,1,3,5,7-8H2. The molecule has 15 heavy (non-hydrogen) atoms. The normalized spacial score (nSPS) is 21.7. The van der Waals surface area contributed by atoms with Crippen molar-refractivity contribution in [2.75, 3.05) is 13.1 Å². The number of hydrogen-bond acceptors (Lipinski definition) is 2. The molecule has 1 atom stereocenters. The molecule has 0 aliphatic carbocycles. The van der Waals surface area contributed by atoms with Gasteiger partial charge in [0.1, 0.15) is 0 Å². The lowest BCUT2D eigenvalue weighted by Gasteiger charge is -2.29. The minimum Gasteiger partial charge on any atom is -0.341 e. The second-order valence-electron chi connectivity index (χ2n) is 3.84. The van der Waals surface area contributed by atoms with Gasteiger partial charge in [0.15, 0.2) is 0 Å². The smallest absolute Gasteiger partial charge is 0.227 e. The highest BCUT2D eigenvalue weighted by Gasteiger charge is 2.21. The van der Waals surface area contributed by atoms with Gasteiger partial charge >= 0.3 is 0 Å². The molecule has 0 aromatic carbocycles. The number of nitrogens with zero attached hydrogens (tertiary/aromatic N) is 1. The number of likely N-dealkylation sites (tertiary alicyclic amines) is 1. The van der Waals surface area contributed by atoms with Crippen LogP contribution in [0.25, 0.3) is 0 Å². The van der Waals surface area contributed by atoms with E-state index in [0.29, 0.717) is 11.2 Å². The number of rotatable bonds is 2. The van der Waals surface area contributed by atoms with E-state index in [1.54, 1.807) is 11.3 Å². The summed E-state index contributed by atoms with van der Waals surface area (Å²) in [7, 11) is 0. The average molecular weight is 288 g/mol. The number of carbonyl (C=O) groups is 1. The van der Waals surface area contributed by atoms with Crippen LogP contribution in [0.2, 0.25) is 0 Å². The predicted octanol–water partition coefficient (Wildman–Crippen LogP) is 2.68. The van der Waals surface area contributed by atoms with E-state index >= 15 is 0 Å². The summed E-state index contributed by atoms with van der Waals surface area (Å²) in [6.45, 7) is 1.79. The third kappa shape index (κ3) is 3.05. The summed E-state index contributed by atoms with van der Waals surface area (Å²) in [6, 6.07) is 4.02. The van der Waals surface area contributed by atoms with Crippen molar-refractivity contribution in [1.29, 1.82) is 0 Å². The van der Waals surface area contributed by atoms with Crippen LogP contribution in [-0.4, -0.2) is 28.7 Å². The van der Waals surface area contributed by atoms with Crippen LogP contribution in [-0.2, 0) is 11.2 Å². The van der Waals surface area contributed by atoms with Crippen molar-refractivity contribution >= 4 is 33.2 Å². The molecule has 2 heterocycles. The molecule has 0 bridgehead atoms. The molecule has 1 unspecified atom stereocenters. The fraction of sp³-hybridized carbons (Fsp3) is 0.545. The van der Waals surface area contributed by atoms with Crippen molar-refractivity contribution in [2.45, 2.75) is 24.1 Å². The van der Waals surface area contributed by atoms with Gasteiger partial charge in [0.25, 0.3) is 0 Å². The largest absolute Gasteiger partial charge is 0.341 e. The molecule has 0 saturated carbocycles. The maximum Gasteiger partial charge on any atom is 0.227 e. The fourth-order valence-electron chi connectivity index (χ4n) is 1.83. The first kappa shape index (κ1) is 11.1. The highest BCUT2D eigenvalue weighted by atomic mass is 79.9. The molecule has 0 radical (unpaired) electrons. The molecular weight excluding hydrogens is 274 g/mol. The molecule has 0 spiro atoms. The van der Waals surface area contributed by atoms with E-state index in [1.807, 2.05) is 22.4 Å². The molecule has 2 nitrogen and oxygen atoms in total. The van der Waals surface area contributed by atoms with Crippen LogP contribution in [0.4, 0.5) is 0 Å². The molecule has 2 rings (SSSR count). The van der Waals surface area contributed by atoms with Crippen molar-refractivity contribution in [3.05, 3.63) is 22.4 Å². The van der Waals surface area contributed by atoms with Crippen LogP contribution in [0.3, 0.4) is 0 Å². The molecule has 1 aliphatic rings. The van der Waals surface area contributed by atoms with Crippen molar-refractivity contribution in [3.8, 4) is 0 Å². The lowest BCUT2D eigenvalue weighted by Crippen LogP contribution is -2.40. The lowest BCUT2D eigenvalue weighted by atomic mass is 10.1. The molecule has 1 saturated heterocycles. The van der Waals surface area contributed by atoms with E-state index in [1.165, 1.54) is 6.42 Å². The third-order valence-corrected chi connectivity index (χ3v) is 4.25. The van der Waals surface area contributed by atoms with E-state index < -0.39 is 0 Å². The van der Waals surface area contributed by atoms with Crippen LogP contribution in [0.1, 0.15) is 17.7 Å². The van der Waals surface area contributed by atoms with Gasteiger partial charge < -0.3 is 4.90 Å². The van der Waals surface area contributed by atoms with E-state index in [4.69, 9.17) is 0 Å². The number of alkyl halides is 1. The zero-order valence-electron chi connectivity index (χ0n) is 8.49. The van der Waals surface area contributed by atoms with Crippen molar-refractivity contribution in [2.24, 2.45) is 0 Å². The first-order valence-corrected chi connectivity index (χ1v) is 6.99. The minimum atomic E-state index is 0.265. The Bertz CT molecular complexity index is 325. The van der Waals surface area contributed by atoms with Gasteiger partial charge in [-0.25, -0.2) is 0 Å².